The van der Waals surface area contributed by atoms with E-state index in [1.807, 2.05) is 37.3 Å². The summed E-state index contributed by atoms with van der Waals surface area (Å²) in [5, 5.41) is 5.79. The van der Waals surface area contributed by atoms with Crippen LogP contribution in [0.1, 0.15) is 34.4 Å². The summed E-state index contributed by atoms with van der Waals surface area (Å²) in [7, 11) is 0. The van der Waals surface area contributed by atoms with E-state index in [-0.39, 0.29) is 24.0 Å². The van der Waals surface area contributed by atoms with Crippen LogP contribution in [-0.4, -0.2) is 15.9 Å². The zero-order chi connectivity index (χ0) is 22.0. The van der Waals surface area contributed by atoms with Crippen molar-refractivity contribution < 1.29 is 18.0 Å². The number of hydrogen-bond donors (Lipinski definition) is 2. The predicted molar refractivity (Wildman–Crippen MR) is 112 cm³/mol. The van der Waals surface area contributed by atoms with Crippen molar-refractivity contribution in [3.05, 3.63) is 76.6 Å². The maximum Gasteiger partial charge on any atom is 0.419 e. The van der Waals surface area contributed by atoms with E-state index in [1.54, 1.807) is 12.1 Å². The fourth-order valence-corrected chi connectivity index (χ4v) is 3.64. The van der Waals surface area contributed by atoms with E-state index in [0.717, 1.165) is 28.6 Å². The number of anilines is 3. The molecule has 2 N–H and O–H groups in total. The predicted octanol–water partition coefficient (Wildman–Crippen LogP) is 5.22. The number of nitrogens with zero attached hydrogens (tertiary/aromatic N) is 2. The summed E-state index contributed by atoms with van der Waals surface area (Å²) in [5.41, 5.74) is 3.51. The minimum absolute atomic E-state index is 0.0300. The van der Waals surface area contributed by atoms with Gasteiger partial charge in [-0.2, -0.15) is 13.2 Å². The third-order valence-corrected chi connectivity index (χ3v) is 5.32. The fraction of sp³-hybridized carbons (Fsp3) is 0.261. The van der Waals surface area contributed by atoms with Crippen molar-refractivity contribution in [1.82, 2.24) is 9.97 Å². The lowest BCUT2D eigenvalue weighted by atomic mass is 10.0. The zero-order valence-electron chi connectivity index (χ0n) is 16.9. The molecule has 0 atom stereocenters. The molecule has 0 unspecified atom stereocenters. The van der Waals surface area contributed by atoms with Crippen LogP contribution in [0.5, 0.6) is 0 Å². The number of rotatable bonds is 5. The topological polar surface area (TPSA) is 66.9 Å². The second-order valence-corrected chi connectivity index (χ2v) is 7.52. The van der Waals surface area contributed by atoms with Crippen molar-refractivity contribution in [2.24, 2.45) is 0 Å². The Morgan fingerprint density at radius 1 is 1.10 bits per heavy atom. The molecule has 0 saturated carbocycles. The Balaban J connectivity index is 1.58. The molecule has 1 aliphatic rings. The van der Waals surface area contributed by atoms with Gasteiger partial charge in [-0.25, -0.2) is 9.97 Å². The van der Waals surface area contributed by atoms with E-state index in [9.17, 15) is 18.0 Å². The third-order valence-electron chi connectivity index (χ3n) is 5.32. The summed E-state index contributed by atoms with van der Waals surface area (Å²) >= 11 is 0. The van der Waals surface area contributed by atoms with Crippen LogP contribution >= 0.6 is 0 Å². The Kier molecular flexibility index (Phi) is 5.63. The summed E-state index contributed by atoms with van der Waals surface area (Å²) in [6.45, 7) is 1.94. The first-order valence-electron chi connectivity index (χ1n) is 9.97. The quantitative estimate of drug-likeness (QED) is 0.587. The Labute approximate surface area is 177 Å². The molecule has 8 heteroatoms. The minimum atomic E-state index is -4.52. The molecule has 2 heterocycles. The summed E-state index contributed by atoms with van der Waals surface area (Å²) < 4.78 is 40.5. The van der Waals surface area contributed by atoms with Crippen LogP contribution in [0.2, 0.25) is 0 Å². The van der Waals surface area contributed by atoms with Gasteiger partial charge in [-0.05, 0) is 61.1 Å². The average Bonchev–Trinajstić information content (AvgIpc) is 2.72. The van der Waals surface area contributed by atoms with Crippen LogP contribution < -0.4 is 10.6 Å². The molecule has 3 aromatic rings. The van der Waals surface area contributed by atoms with Crippen molar-refractivity contribution in [1.29, 1.82) is 0 Å². The van der Waals surface area contributed by atoms with Gasteiger partial charge in [0.1, 0.15) is 0 Å². The van der Waals surface area contributed by atoms with Gasteiger partial charge < -0.3 is 10.6 Å². The van der Waals surface area contributed by atoms with Crippen molar-refractivity contribution in [2.45, 2.75) is 38.8 Å². The molecule has 31 heavy (non-hydrogen) atoms. The molecule has 0 spiro atoms. The summed E-state index contributed by atoms with van der Waals surface area (Å²) in [4.78, 5) is 19.6. The first-order valence-corrected chi connectivity index (χ1v) is 9.97. The van der Waals surface area contributed by atoms with Crippen molar-refractivity contribution in [2.75, 3.05) is 10.6 Å². The van der Waals surface area contributed by atoms with Crippen molar-refractivity contribution in [3.8, 4) is 0 Å². The molecule has 5 nitrogen and oxygen atoms in total. The number of halogens is 3. The average molecular weight is 426 g/mol. The number of nitrogens with one attached hydrogen (secondary N) is 2. The molecule has 1 aliphatic heterocycles. The normalized spacial score (nSPS) is 13.5. The van der Waals surface area contributed by atoms with E-state index < -0.39 is 11.7 Å². The zero-order valence-corrected chi connectivity index (χ0v) is 16.9. The molecule has 0 bridgehead atoms. The van der Waals surface area contributed by atoms with Crippen molar-refractivity contribution in [3.63, 3.8) is 0 Å². The number of aromatic nitrogens is 2. The van der Waals surface area contributed by atoms with Gasteiger partial charge in [0, 0.05) is 24.0 Å². The molecule has 4 rings (SSSR count). The molecule has 160 valence electrons. The lowest BCUT2D eigenvalue weighted by molar-refractivity contribution is -0.138. The van der Waals surface area contributed by atoms with Gasteiger partial charge in [0.15, 0.2) is 0 Å². The minimum Gasteiger partial charge on any atom is -0.326 e. The first-order chi connectivity index (χ1) is 14.8. The number of carbonyl (C=O) groups excluding carboxylic acids is 1. The molecule has 2 aromatic carbocycles. The highest BCUT2D eigenvalue weighted by molar-refractivity contribution is 5.94. The molecule has 0 fully saturated rings. The van der Waals surface area contributed by atoms with Gasteiger partial charge in [0.25, 0.3) is 0 Å². The van der Waals surface area contributed by atoms with Crippen molar-refractivity contribution >= 4 is 23.2 Å². The fourth-order valence-electron chi connectivity index (χ4n) is 3.64. The number of hydrogen-bond acceptors (Lipinski definition) is 4. The number of benzene rings is 2. The van der Waals surface area contributed by atoms with Crippen LogP contribution in [0.15, 0.2) is 48.7 Å². The van der Waals surface area contributed by atoms with Gasteiger partial charge in [0.2, 0.25) is 11.9 Å². The summed E-state index contributed by atoms with van der Waals surface area (Å²) in [6.07, 6.45) is -2.09. The molecule has 0 saturated heterocycles. The summed E-state index contributed by atoms with van der Waals surface area (Å²) in [5.74, 6) is 0.0742. The van der Waals surface area contributed by atoms with E-state index in [4.69, 9.17) is 0 Å². The molecule has 1 amide bonds. The maximum absolute atomic E-state index is 13.5. The molecular formula is C23H21F3N4O. The Morgan fingerprint density at radius 3 is 2.68 bits per heavy atom. The lowest BCUT2D eigenvalue weighted by Gasteiger charge is -2.18. The van der Waals surface area contributed by atoms with E-state index in [1.165, 1.54) is 0 Å². The Morgan fingerprint density at radius 2 is 1.90 bits per heavy atom. The van der Waals surface area contributed by atoms with E-state index >= 15 is 0 Å². The second-order valence-electron chi connectivity index (χ2n) is 7.52. The van der Waals surface area contributed by atoms with E-state index in [2.05, 4.69) is 20.6 Å². The third kappa shape index (κ3) is 4.84. The number of amides is 1. The highest BCUT2D eigenvalue weighted by Gasteiger charge is 2.34. The maximum atomic E-state index is 13.5. The lowest BCUT2D eigenvalue weighted by Crippen LogP contribution is -2.19. The number of carbonyl (C=O) groups is 1. The standard InChI is InChI=1S/C23H21F3N4O/c1-14-4-2-3-5-15(14)6-9-20-18(23(24,25)26)13-27-22(30-20)28-17-8-10-19-16(12-17)7-11-21(31)29-19/h2-5,8,10,12-13H,6-7,9,11H2,1H3,(H,29,31)(H,27,28,30). The number of aryl methyl sites for hydroxylation is 4. The highest BCUT2D eigenvalue weighted by Crippen LogP contribution is 2.33. The van der Waals surface area contributed by atoms with Gasteiger partial charge >= 0.3 is 6.18 Å². The Hall–Kier alpha value is -3.42. The molecular weight excluding hydrogens is 405 g/mol. The SMILES string of the molecule is Cc1ccccc1CCc1nc(Nc2ccc3c(c2)CCC(=O)N3)ncc1C(F)(F)F. The Bertz CT molecular complexity index is 1130. The molecule has 1 aromatic heterocycles. The number of alkyl halides is 3. The highest BCUT2D eigenvalue weighted by atomic mass is 19.4. The van der Waals surface area contributed by atoms with E-state index in [0.29, 0.717) is 24.9 Å². The van der Waals surface area contributed by atoms with Gasteiger partial charge in [-0.1, -0.05) is 24.3 Å². The molecule has 0 aliphatic carbocycles. The number of fused-ring (bicyclic) bond motifs is 1. The van der Waals surface area contributed by atoms with Crippen LogP contribution in [0.25, 0.3) is 0 Å². The first kappa shape index (κ1) is 20.8. The van der Waals surface area contributed by atoms with Gasteiger partial charge in [-0.15, -0.1) is 0 Å². The van der Waals surface area contributed by atoms with Crippen LogP contribution in [0.3, 0.4) is 0 Å². The van der Waals surface area contributed by atoms with Crippen LogP contribution in [0, 0.1) is 6.92 Å². The summed E-state index contributed by atoms with van der Waals surface area (Å²) in [6, 6.07) is 13.0. The molecule has 0 radical (unpaired) electrons. The monoisotopic (exact) mass is 426 g/mol. The van der Waals surface area contributed by atoms with Crippen LogP contribution in [-0.2, 0) is 30.2 Å². The van der Waals surface area contributed by atoms with Crippen LogP contribution in [0.4, 0.5) is 30.5 Å². The van der Waals surface area contributed by atoms with Gasteiger partial charge in [-0.3, -0.25) is 4.79 Å². The smallest absolute Gasteiger partial charge is 0.326 e. The second kappa shape index (κ2) is 8.37. The largest absolute Gasteiger partial charge is 0.419 e. The van der Waals surface area contributed by atoms with Gasteiger partial charge in [0.05, 0.1) is 11.3 Å².